The Hall–Kier alpha value is -2.18. The van der Waals surface area contributed by atoms with Crippen molar-refractivity contribution in [3.05, 3.63) is 75.2 Å². The molecule has 0 bridgehead atoms. The SMILES string of the molecule is Cc1nc(N(C)c2ccccc2)sc1C(=O)N[C@H](C)c1ccc(Br)cc1. The highest BCUT2D eigenvalue weighted by atomic mass is 79.9. The number of carbonyl (C=O) groups is 1. The van der Waals surface area contributed by atoms with E-state index in [2.05, 4.69) is 26.2 Å². The van der Waals surface area contributed by atoms with Crippen molar-refractivity contribution in [3.63, 3.8) is 0 Å². The van der Waals surface area contributed by atoms with E-state index < -0.39 is 0 Å². The van der Waals surface area contributed by atoms with Crippen LogP contribution in [-0.4, -0.2) is 17.9 Å². The van der Waals surface area contributed by atoms with Gasteiger partial charge in [-0.3, -0.25) is 4.79 Å². The van der Waals surface area contributed by atoms with Crippen molar-refractivity contribution < 1.29 is 4.79 Å². The highest BCUT2D eigenvalue weighted by Gasteiger charge is 2.19. The molecule has 26 heavy (non-hydrogen) atoms. The molecule has 0 aliphatic carbocycles. The predicted molar refractivity (Wildman–Crippen MR) is 111 cm³/mol. The maximum Gasteiger partial charge on any atom is 0.263 e. The average Bonchev–Trinajstić information content (AvgIpc) is 3.04. The standard InChI is InChI=1S/C20H20BrN3OS/c1-13(15-9-11-16(21)12-10-15)22-19(25)18-14(2)23-20(26-18)24(3)17-7-5-4-6-8-17/h4-13H,1-3H3,(H,22,25)/t13-/m1/s1. The van der Waals surface area contributed by atoms with Crippen LogP contribution < -0.4 is 10.2 Å². The Kier molecular flexibility index (Phi) is 5.74. The van der Waals surface area contributed by atoms with Crippen LogP contribution in [0.4, 0.5) is 10.8 Å². The van der Waals surface area contributed by atoms with Gasteiger partial charge < -0.3 is 10.2 Å². The Labute approximate surface area is 166 Å². The van der Waals surface area contributed by atoms with Crippen LogP contribution in [0.5, 0.6) is 0 Å². The average molecular weight is 430 g/mol. The maximum absolute atomic E-state index is 12.7. The summed E-state index contributed by atoms with van der Waals surface area (Å²) in [4.78, 5) is 19.9. The van der Waals surface area contributed by atoms with Crippen LogP contribution in [-0.2, 0) is 0 Å². The minimum atomic E-state index is -0.0943. The van der Waals surface area contributed by atoms with Crippen molar-refractivity contribution >= 4 is 44.0 Å². The number of thiazole rings is 1. The normalized spacial score (nSPS) is 11.8. The summed E-state index contributed by atoms with van der Waals surface area (Å²) in [5.41, 5.74) is 2.84. The largest absolute Gasteiger partial charge is 0.345 e. The molecule has 0 fully saturated rings. The van der Waals surface area contributed by atoms with E-state index >= 15 is 0 Å². The lowest BCUT2D eigenvalue weighted by molar-refractivity contribution is 0.0943. The molecular weight excluding hydrogens is 410 g/mol. The Bertz CT molecular complexity index is 893. The molecule has 3 rings (SSSR count). The number of anilines is 2. The molecule has 1 aromatic heterocycles. The molecule has 0 radical (unpaired) electrons. The number of para-hydroxylation sites is 1. The zero-order valence-corrected chi connectivity index (χ0v) is 17.3. The van der Waals surface area contributed by atoms with Gasteiger partial charge in [-0.25, -0.2) is 4.98 Å². The van der Waals surface area contributed by atoms with Crippen LogP contribution in [0.3, 0.4) is 0 Å². The first kappa shape index (κ1) is 18.6. The topological polar surface area (TPSA) is 45.2 Å². The highest BCUT2D eigenvalue weighted by molar-refractivity contribution is 9.10. The number of nitrogens with one attached hydrogen (secondary N) is 1. The zero-order valence-electron chi connectivity index (χ0n) is 14.9. The fraction of sp³-hybridized carbons (Fsp3) is 0.200. The van der Waals surface area contributed by atoms with Gasteiger partial charge in [0.15, 0.2) is 5.13 Å². The quantitative estimate of drug-likeness (QED) is 0.584. The second-order valence-electron chi connectivity index (χ2n) is 6.05. The van der Waals surface area contributed by atoms with Crippen molar-refractivity contribution in [1.29, 1.82) is 0 Å². The van der Waals surface area contributed by atoms with Gasteiger partial charge in [0.05, 0.1) is 11.7 Å². The van der Waals surface area contributed by atoms with Crippen LogP contribution in [0.15, 0.2) is 59.1 Å². The van der Waals surface area contributed by atoms with Gasteiger partial charge in [0.1, 0.15) is 4.88 Å². The minimum Gasteiger partial charge on any atom is -0.345 e. The van der Waals surface area contributed by atoms with E-state index in [1.165, 1.54) is 11.3 Å². The molecular formula is C20H20BrN3OS. The number of benzene rings is 2. The van der Waals surface area contributed by atoms with Crippen LogP contribution in [0, 0.1) is 6.92 Å². The third kappa shape index (κ3) is 4.14. The number of amides is 1. The molecule has 4 nitrogen and oxygen atoms in total. The van der Waals surface area contributed by atoms with Gasteiger partial charge in [0.2, 0.25) is 0 Å². The van der Waals surface area contributed by atoms with Crippen LogP contribution in [0.2, 0.25) is 0 Å². The van der Waals surface area contributed by atoms with Crippen molar-refractivity contribution in [3.8, 4) is 0 Å². The number of aryl methyl sites for hydroxylation is 1. The lowest BCUT2D eigenvalue weighted by Gasteiger charge is -2.15. The smallest absolute Gasteiger partial charge is 0.263 e. The van der Waals surface area contributed by atoms with Crippen molar-refractivity contribution in [1.82, 2.24) is 10.3 Å². The fourth-order valence-corrected chi connectivity index (χ4v) is 3.81. The maximum atomic E-state index is 12.7. The molecule has 0 unspecified atom stereocenters. The molecule has 1 amide bonds. The number of halogens is 1. The molecule has 0 saturated carbocycles. The number of carbonyl (C=O) groups excluding carboxylic acids is 1. The Morgan fingerprint density at radius 2 is 1.81 bits per heavy atom. The first-order chi connectivity index (χ1) is 12.5. The Balaban J connectivity index is 1.76. The van der Waals surface area contributed by atoms with Gasteiger partial charge in [0.25, 0.3) is 5.91 Å². The summed E-state index contributed by atoms with van der Waals surface area (Å²) in [5, 5.41) is 3.86. The van der Waals surface area contributed by atoms with Crippen LogP contribution in [0.1, 0.15) is 33.9 Å². The van der Waals surface area contributed by atoms with E-state index in [0.29, 0.717) is 4.88 Å². The van der Waals surface area contributed by atoms with Gasteiger partial charge >= 0.3 is 0 Å². The van der Waals surface area contributed by atoms with Crippen molar-refractivity contribution in [2.75, 3.05) is 11.9 Å². The van der Waals surface area contributed by atoms with Crippen LogP contribution >= 0.6 is 27.3 Å². The van der Waals surface area contributed by atoms with E-state index in [9.17, 15) is 4.79 Å². The summed E-state index contributed by atoms with van der Waals surface area (Å²) in [7, 11) is 1.96. The summed E-state index contributed by atoms with van der Waals surface area (Å²) in [6, 6.07) is 17.9. The molecule has 6 heteroatoms. The molecule has 1 N–H and O–H groups in total. The minimum absolute atomic E-state index is 0.0765. The van der Waals surface area contributed by atoms with Crippen molar-refractivity contribution in [2.45, 2.75) is 19.9 Å². The van der Waals surface area contributed by atoms with Crippen LogP contribution in [0.25, 0.3) is 0 Å². The summed E-state index contributed by atoms with van der Waals surface area (Å²) in [5.74, 6) is -0.0943. The number of nitrogens with zero attached hydrogens (tertiary/aromatic N) is 2. The molecule has 1 heterocycles. The van der Waals surface area contributed by atoms with E-state index in [0.717, 1.165) is 26.5 Å². The molecule has 0 aliphatic heterocycles. The van der Waals surface area contributed by atoms with E-state index in [-0.39, 0.29) is 11.9 Å². The molecule has 134 valence electrons. The second-order valence-corrected chi connectivity index (χ2v) is 7.95. The third-order valence-electron chi connectivity index (χ3n) is 4.14. The third-order valence-corrected chi connectivity index (χ3v) is 5.90. The summed E-state index contributed by atoms with van der Waals surface area (Å²) in [6.45, 7) is 3.85. The molecule has 1 atom stereocenters. The Morgan fingerprint density at radius 1 is 1.15 bits per heavy atom. The van der Waals surface area contributed by atoms with Gasteiger partial charge in [-0.2, -0.15) is 0 Å². The first-order valence-electron chi connectivity index (χ1n) is 8.28. The van der Waals surface area contributed by atoms with Gasteiger partial charge in [-0.05, 0) is 43.7 Å². The summed E-state index contributed by atoms with van der Waals surface area (Å²) in [6.07, 6.45) is 0. The Morgan fingerprint density at radius 3 is 2.46 bits per heavy atom. The fourth-order valence-electron chi connectivity index (χ4n) is 2.60. The molecule has 3 aromatic rings. The summed E-state index contributed by atoms with van der Waals surface area (Å²) < 4.78 is 1.02. The van der Waals surface area contributed by atoms with Gasteiger partial charge in [-0.15, -0.1) is 0 Å². The predicted octanol–water partition coefficient (Wildman–Crippen LogP) is 5.47. The lowest BCUT2D eigenvalue weighted by atomic mass is 10.1. The molecule has 0 spiro atoms. The van der Waals surface area contributed by atoms with E-state index in [1.54, 1.807) is 0 Å². The van der Waals surface area contributed by atoms with E-state index in [4.69, 9.17) is 0 Å². The first-order valence-corrected chi connectivity index (χ1v) is 9.89. The number of hydrogen-bond acceptors (Lipinski definition) is 4. The molecule has 0 saturated heterocycles. The monoisotopic (exact) mass is 429 g/mol. The van der Waals surface area contributed by atoms with Gasteiger partial charge in [0, 0.05) is 17.2 Å². The van der Waals surface area contributed by atoms with Gasteiger partial charge in [-0.1, -0.05) is 57.6 Å². The summed E-state index contributed by atoms with van der Waals surface area (Å²) >= 11 is 4.83. The van der Waals surface area contributed by atoms with E-state index in [1.807, 2.05) is 80.4 Å². The highest BCUT2D eigenvalue weighted by Crippen LogP contribution is 2.30. The number of hydrogen-bond donors (Lipinski definition) is 1. The zero-order chi connectivity index (χ0) is 18.7. The number of rotatable bonds is 5. The number of aromatic nitrogens is 1. The van der Waals surface area contributed by atoms with Crippen molar-refractivity contribution in [2.24, 2.45) is 0 Å². The second kappa shape index (κ2) is 8.01. The molecule has 2 aromatic carbocycles. The molecule has 0 aliphatic rings. The lowest BCUT2D eigenvalue weighted by Crippen LogP contribution is -2.26.